The second-order valence-corrected chi connectivity index (χ2v) is 7.24. The lowest BCUT2D eigenvalue weighted by atomic mass is 9.97. The van der Waals surface area contributed by atoms with E-state index in [1.807, 2.05) is 30.2 Å². The van der Waals surface area contributed by atoms with E-state index in [2.05, 4.69) is 42.2 Å². The standard InChI is InChI=1S/C22H26N4O2/c1-3-28-22(27)26-14-12-25(13-15-26)21(19-10-6-7-11-23-19)20-16(2)24-18-9-5-4-8-17(18)20/h4-11,21,24H,3,12-15H2,1-2H3/p+1/t21-/m0/s1. The fraction of sp³-hybridized carbons (Fsp3) is 0.364. The van der Waals surface area contributed by atoms with Crippen molar-refractivity contribution in [2.45, 2.75) is 19.9 Å². The van der Waals surface area contributed by atoms with Crippen LogP contribution in [0.1, 0.15) is 29.9 Å². The molecular weight excluding hydrogens is 352 g/mol. The number of pyridine rings is 1. The molecule has 2 N–H and O–H groups in total. The maximum absolute atomic E-state index is 12.1. The summed E-state index contributed by atoms with van der Waals surface area (Å²) in [4.78, 5) is 23.5. The van der Waals surface area contributed by atoms with E-state index < -0.39 is 0 Å². The molecule has 146 valence electrons. The molecule has 6 heteroatoms. The SMILES string of the molecule is CCOC(=O)N1CC[NH+]([C@@H](c2ccccn2)c2c(C)[nH]c3ccccc23)CC1. The van der Waals surface area contributed by atoms with Gasteiger partial charge in [-0.3, -0.25) is 9.88 Å². The highest BCUT2D eigenvalue weighted by Gasteiger charge is 2.35. The first-order valence-electron chi connectivity index (χ1n) is 9.93. The quantitative estimate of drug-likeness (QED) is 0.731. The number of benzene rings is 1. The molecule has 28 heavy (non-hydrogen) atoms. The summed E-state index contributed by atoms with van der Waals surface area (Å²) in [5.74, 6) is 0. The topological polar surface area (TPSA) is 62.7 Å². The number of quaternary nitrogens is 1. The summed E-state index contributed by atoms with van der Waals surface area (Å²) in [7, 11) is 0. The average Bonchev–Trinajstić information content (AvgIpc) is 3.06. The van der Waals surface area contributed by atoms with Gasteiger partial charge in [0.2, 0.25) is 0 Å². The van der Waals surface area contributed by atoms with Crippen molar-refractivity contribution in [2.24, 2.45) is 0 Å². The van der Waals surface area contributed by atoms with Gasteiger partial charge >= 0.3 is 6.09 Å². The fourth-order valence-electron chi connectivity index (χ4n) is 4.26. The Morgan fingerprint density at radius 3 is 2.68 bits per heavy atom. The number of hydrogen-bond donors (Lipinski definition) is 2. The molecule has 3 aromatic rings. The number of para-hydroxylation sites is 1. The highest BCUT2D eigenvalue weighted by molar-refractivity contribution is 5.85. The van der Waals surface area contributed by atoms with Gasteiger partial charge in [-0.25, -0.2) is 4.79 Å². The Labute approximate surface area is 165 Å². The van der Waals surface area contributed by atoms with Crippen LogP contribution in [0.25, 0.3) is 10.9 Å². The molecule has 1 atom stereocenters. The summed E-state index contributed by atoms with van der Waals surface area (Å²) in [6, 6.07) is 14.7. The summed E-state index contributed by atoms with van der Waals surface area (Å²) < 4.78 is 5.17. The maximum Gasteiger partial charge on any atom is 0.410 e. The zero-order chi connectivity index (χ0) is 19.5. The number of amides is 1. The van der Waals surface area contributed by atoms with Gasteiger partial charge in [0.1, 0.15) is 5.69 Å². The number of carbonyl (C=O) groups excluding carboxylic acids is 1. The van der Waals surface area contributed by atoms with E-state index in [9.17, 15) is 4.79 Å². The molecule has 0 unspecified atom stereocenters. The molecule has 1 aliphatic heterocycles. The van der Waals surface area contributed by atoms with Gasteiger partial charge in [-0.2, -0.15) is 0 Å². The molecule has 0 radical (unpaired) electrons. The summed E-state index contributed by atoms with van der Waals surface area (Å²) in [6.45, 7) is 7.50. The predicted octanol–water partition coefficient (Wildman–Crippen LogP) is 2.32. The molecule has 0 bridgehead atoms. The zero-order valence-corrected chi connectivity index (χ0v) is 16.4. The summed E-state index contributed by atoms with van der Waals surface area (Å²) in [5.41, 5.74) is 4.70. The Balaban J connectivity index is 1.68. The van der Waals surface area contributed by atoms with Crippen molar-refractivity contribution in [1.82, 2.24) is 14.9 Å². The van der Waals surface area contributed by atoms with Crippen LogP contribution in [0, 0.1) is 6.92 Å². The fourth-order valence-corrected chi connectivity index (χ4v) is 4.26. The molecule has 4 rings (SSSR count). The Morgan fingerprint density at radius 2 is 1.96 bits per heavy atom. The van der Waals surface area contributed by atoms with Gasteiger partial charge in [-0.15, -0.1) is 0 Å². The minimum absolute atomic E-state index is 0.127. The molecule has 0 aliphatic carbocycles. The summed E-state index contributed by atoms with van der Waals surface area (Å²) in [6.07, 6.45) is 1.65. The van der Waals surface area contributed by atoms with Gasteiger partial charge in [-0.1, -0.05) is 24.3 Å². The van der Waals surface area contributed by atoms with Crippen LogP contribution in [0.4, 0.5) is 4.79 Å². The number of H-pyrrole nitrogens is 1. The van der Waals surface area contributed by atoms with Crippen molar-refractivity contribution >= 4 is 17.0 Å². The molecule has 0 saturated carbocycles. The van der Waals surface area contributed by atoms with Crippen LogP contribution in [-0.4, -0.2) is 53.7 Å². The van der Waals surface area contributed by atoms with Crippen LogP contribution in [0.5, 0.6) is 0 Å². The summed E-state index contributed by atoms with van der Waals surface area (Å²) in [5, 5.41) is 1.25. The number of hydrogen-bond acceptors (Lipinski definition) is 3. The third-order valence-corrected chi connectivity index (χ3v) is 5.56. The first kappa shape index (κ1) is 18.5. The average molecular weight is 379 g/mol. The van der Waals surface area contributed by atoms with Gasteiger partial charge in [-0.05, 0) is 32.0 Å². The van der Waals surface area contributed by atoms with Gasteiger partial charge in [0.15, 0.2) is 6.04 Å². The first-order chi connectivity index (χ1) is 13.7. The number of aromatic nitrogens is 2. The number of nitrogens with zero attached hydrogens (tertiary/aromatic N) is 2. The molecule has 1 aromatic carbocycles. The maximum atomic E-state index is 12.1. The monoisotopic (exact) mass is 379 g/mol. The lowest BCUT2D eigenvalue weighted by Crippen LogP contribution is -3.15. The van der Waals surface area contributed by atoms with Crippen LogP contribution >= 0.6 is 0 Å². The van der Waals surface area contributed by atoms with E-state index >= 15 is 0 Å². The van der Waals surface area contributed by atoms with Crippen LogP contribution < -0.4 is 4.90 Å². The third kappa shape index (κ3) is 3.47. The number of fused-ring (bicyclic) bond motifs is 1. The highest BCUT2D eigenvalue weighted by Crippen LogP contribution is 2.29. The minimum atomic E-state index is -0.209. The van der Waals surface area contributed by atoms with Crippen molar-refractivity contribution in [3.63, 3.8) is 0 Å². The Bertz CT molecular complexity index is 946. The van der Waals surface area contributed by atoms with E-state index in [-0.39, 0.29) is 12.1 Å². The number of nitrogens with one attached hydrogen (secondary N) is 2. The second-order valence-electron chi connectivity index (χ2n) is 7.24. The van der Waals surface area contributed by atoms with E-state index in [0.717, 1.165) is 24.3 Å². The lowest BCUT2D eigenvalue weighted by molar-refractivity contribution is -0.929. The van der Waals surface area contributed by atoms with Gasteiger partial charge in [0, 0.05) is 28.4 Å². The van der Waals surface area contributed by atoms with Gasteiger partial charge < -0.3 is 14.6 Å². The molecule has 3 heterocycles. The number of piperazine rings is 1. The number of ether oxygens (including phenoxy) is 1. The smallest absolute Gasteiger partial charge is 0.410 e. The molecule has 2 aromatic heterocycles. The number of rotatable bonds is 4. The Hall–Kier alpha value is -2.86. The Morgan fingerprint density at radius 1 is 1.21 bits per heavy atom. The van der Waals surface area contributed by atoms with Gasteiger partial charge in [0.25, 0.3) is 0 Å². The first-order valence-corrected chi connectivity index (χ1v) is 9.93. The van der Waals surface area contributed by atoms with Gasteiger partial charge in [0.05, 0.1) is 32.8 Å². The minimum Gasteiger partial charge on any atom is -0.450 e. The van der Waals surface area contributed by atoms with Crippen molar-refractivity contribution < 1.29 is 14.4 Å². The van der Waals surface area contributed by atoms with E-state index in [4.69, 9.17) is 9.72 Å². The molecule has 6 nitrogen and oxygen atoms in total. The lowest BCUT2D eigenvalue weighted by Gasteiger charge is -2.36. The molecule has 0 spiro atoms. The molecule has 1 aliphatic rings. The van der Waals surface area contributed by atoms with Crippen LogP contribution in [0.2, 0.25) is 0 Å². The third-order valence-electron chi connectivity index (χ3n) is 5.56. The van der Waals surface area contributed by atoms with Crippen molar-refractivity contribution in [3.8, 4) is 0 Å². The normalized spacial score (nSPS) is 16.3. The molecule has 1 amide bonds. The number of carbonyl (C=O) groups is 1. The summed E-state index contributed by atoms with van der Waals surface area (Å²) >= 11 is 0. The largest absolute Gasteiger partial charge is 0.450 e. The van der Waals surface area contributed by atoms with Crippen molar-refractivity contribution in [2.75, 3.05) is 32.8 Å². The zero-order valence-electron chi connectivity index (χ0n) is 16.4. The predicted molar refractivity (Wildman–Crippen MR) is 108 cm³/mol. The van der Waals surface area contributed by atoms with E-state index in [1.54, 1.807) is 0 Å². The molecule has 1 saturated heterocycles. The van der Waals surface area contributed by atoms with Crippen molar-refractivity contribution in [3.05, 3.63) is 65.6 Å². The van der Waals surface area contributed by atoms with E-state index in [0.29, 0.717) is 19.7 Å². The highest BCUT2D eigenvalue weighted by atomic mass is 16.6. The Kier molecular flexibility index (Phi) is 5.30. The van der Waals surface area contributed by atoms with Crippen molar-refractivity contribution in [1.29, 1.82) is 0 Å². The van der Waals surface area contributed by atoms with Crippen LogP contribution in [-0.2, 0) is 4.74 Å². The number of aromatic amines is 1. The van der Waals surface area contributed by atoms with Crippen LogP contribution in [0.3, 0.4) is 0 Å². The molecular formula is C22H27N4O2+. The second kappa shape index (κ2) is 8.02. The molecule has 1 fully saturated rings. The van der Waals surface area contributed by atoms with E-state index in [1.165, 1.54) is 21.5 Å². The van der Waals surface area contributed by atoms with Crippen LogP contribution in [0.15, 0.2) is 48.7 Å². The number of aryl methyl sites for hydroxylation is 1.